The van der Waals surface area contributed by atoms with Crippen LogP contribution in [0.1, 0.15) is 22.2 Å². The average Bonchev–Trinajstić information content (AvgIpc) is 3.19. The van der Waals surface area contributed by atoms with Crippen LogP contribution in [0.5, 0.6) is 0 Å². The van der Waals surface area contributed by atoms with Crippen LogP contribution in [0, 0.1) is 0 Å². The summed E-state index contributed by atoms with van der Waals surface area (Å²) in [5.41, 5.74) is 1.69. The van der Waals surface area contributed by atoms with Gasteiger partial charge in [-0.15, -0.1) is 0 Å². The lowest BCUT2D eigenvalue weighted by molar-refractivity contribution is -0.0441. The number of alkyl halides is 1. The zero-order chi connectivity index (χ0) is 16.9. The number of ether oxygens (including phenoxy) is 3. The van der Waals surface area contributed by atoms with Gasteiger partial charge in [0.2, 0.25) is 0 Å². The minimum Gasteiger partial charge on any atom is -0.465 e. The molecule has 0 N–H and O–H groups in total. The molecule has 0 unspecified atom stereocenters. The van der Waals surface area contributed by atoms with Crippen LogP contribution >= 0.6 is 15.9 Å². The van der Waals surface area contributed by atoms with Gasteiger partial charge in [0.1, 0.15) is 0 Å². The Morgan fingerprint density at radius 3 is 1.91 bits per heavy atom. The maximum absolute atomic E-state index is 10.8. The molecule has 1 aliphatic heterocycles. The number of hydrogen-bond donors (Lipinski definition) is 0. The van der Waals surface area contributed by atoms with E-state index in [0.29, 0.717) is 18.8 Å². The first-order chi connectivity index (χ1) is 11.3. The molecule has 124 valence electrons. The Morgan fingerprint density at radius 1 is 0.957 bits per heavy atom. The van der Waals surface area contributed by atoms with Gasteiger partial charge in [0, 0.05) is 5.56 Å². The summed E-state index contributed by atoms with van der Waals surface area (Å²) in [5.74, 6) is 1.52. The normalized spacial score (nSPS) is 13.2. The third-order valence-corrected chi connectivity index (χ3v) is 2.89. The van der Waals surface area contributed by atoms with Gasteiger partial charge in [-0.05, 0) is 18.0 Å². The number of carbonyl (C=O) groups excluding carboxylic acids is 1. The van der Waals surface area contributed by atoms with Gasteiger partial charge in [0.25, 0.3) is 0 Å². The summed E-state index contributed by atoms with van der Waals surface area (Å²) in [6, 6.07) is 18.9. The molecule has 0 amide bonds. The Morgan fingerprint density at radius 2 is 1.43 bits per heavy atom. The number of esters is 1. The predicted molar refractivity (Wildman–Crippen MR) is 93.7 cm³/mol. The summed E-state index contributed by atoms with van der Waals surface area (Å²) in [6.07, 6.45) is -0.129. The first-order valence-electron chi connectivity index (χ1n) is 7.10. The van der Waals surface area contributed by atoms with E-state index in [1.165, 1.54) is 7.11 Å². The maximum Gasteiger partial charge on any atom is 0.337 e. The third-order valence-electron chi connectivity index (χ3n) is 2.89. The van der Waals surface area contributed by atoms with Crippen molar-refractivity contribution >= 4 is 21.9 Å². The molecule has 0 spiro atoms. The van der Waals surface area contributed by atoms with Crippen LogP contribution in [-0.2, 0) is 14.2 Å². The highest BCUT2D eigenvalue weighted by Gasteiger charge is 2.16. The van der Waals surface area contributed by atoms with Crippen LogP contribution < -0.4 is 0 Å². The zero-order valence-corrected chi connectivity index (χ0v) is 14.9. The summed E-state index contributed by atoms with van der Waals surface area (Å²) < 4.78 is 15.1. The van der Waals surface area contributed by atoms with Crippen molar-refractivity contribution in [1.29, 1.82) is 0 Å². The molecule has 0 atom stereocenters. The van der Waals surface area contributed by atoms with E-state index in [9.17, 15) is 4.79 Å². The lowest BCUT2D eigenvalue weighted by atomic mass is 10.2. The van der Waals surface area contributed by atoms with Gasteiger partial charge in [-0.2, -0.15) is 0 Å². The van der Waals surface area contributed by atoms with Crippen molar-refractivity contribution in [2.45, 2.75) is 6.29 Å². The summed E-state index contributed by atoms with van der Waals surface area (Å²) in [4.78, 5) is 10.8. The molecule has 2 aromatic carbocycles. The van der Waals surface area contributed by atoms with Gasteiger partial charge in [0.05, 0.1) is 25.9 Å². The van der Waals surface area contributed by atoms with Crippen molar-refractivity contribution < 1.29 is 19.0 Å². The Bertz CT molecular complexity index is 539. The minimum atomic E-state index is -0.291. The Balaban J connectivity index is 0.000000209. The van der Waals surface area contributed by atoms with Crippen molar-refractivity contribution in [2.75, 3.05) is 26.2 Å². The van der Waals surface area contributed by atoms with Crippen molar-refractivity contribution in [3.05, 3.63) is 71.8 Å². The van der Waals surface area contributed by atoms with Crippen LogP contribution in [0.2, 0.25) is 0 Å². The lowest BCUT2D eigenvalue weighted by Crippen LogP contribution is -1.99. The van der Waals surface area contributed by atoms with Crippen LogP contribution in [-0.4, -0.2) is 32.1 Å². The highest BCUT2D eigenvalue weighted by Crippen LogP contribution is 2.22. The monoisotopic (exact) mass is 380 g/mol. The van der Waals surface area contributed by atoms with Crippen LogP contribution in [0.25, 0.3) is 0 Å². The van der Waals surface area contributed by atoms with Crippen LogP contribution in [0.3, 0.4) is 0 Å². The number of carbonyl (C=O) groups is 1. The van der Waals surface area contributed by atoms with Crippen molar-refractivity contribution in [3.8, 4) is 0 Å². The second-order valence-electron chi connectivity index (χ2n) is 4.34. The summed E-state index contributed by atoms with van der Waals surface area (Å²) in [5, 5.41) is 0. The van der Waals surface area contributed by atoms with E-state index in [1.54, 1.807) is 24.3 Å². The Kier molecular flexibility index (Phi) is 9.95. The van der Waals surface area contributed by atoms with Gasteiger partial charge in [0.15, 0.2) is 6.29 Å². The molecule has 5 heteroatoms. The molecule has 0 aromatic heterocycles. The van der Waals surface area contributed by atoms with Gasteiger partial charge in [-0.25, -0.2) is 4.79 Å². The average molecular weight is 381 g/mol. The molecule has 1 aliphatic rings. The Labute approximate surface area is 145 Å². The van der Waals surface area contributed by atoms with Gasteiger partial charge in [-0.1, -0.05) is 64.5 Å². The molecule has 23 heavy (non-hydrogen) atoms. The maximum atomic E-state index is 10.8. The molecule has 4 nitrogen and oxygen atoms in total. The smallest absolute Gasteiger partial charge is 0.337 e. The lowest BCUT2D eigenvalue weighted by Gasteiger charge is -2.07. The van der Waals surface area contributed by atoms with Crippen LogP contribution in [0.4, 0.5) is 0 Å². The first kappa shape index (κ1) is 19.4. The van der Waals surface area contributed by atoms with E-state index >= 15 is 0 Å². The standard InChI is InChI=1S/C9H10O2.C8H8O2.CH3Br/c1-2-4-8(5-3-1)9-10-6-7-11-9;1-10-8(9)7-5-3-2-4-6-7;1-2/h1-5,9H,6-7H2;2-6H,1H3;1H3. The van der Waals surface area contributed by atoms with Crippen molar-refractivity contribution in [2.24, 2.45) is 0 Å². The highest BCUT2D eigenvalue weighted by molar-refractivity contribution is 9.08. The van der Waals surface area contributed by atoms with Gasteiger partial charge in [-0.3, -0.25) is 0 Å². The molecule has 3 rings (SSSR count). The number of hydrogen-bond acceptors (Lipinski definition) is 4. The fraction of sp³-hybridized carbons (Fsp3) is 0.278. The molecule has 1 saturated heterocycles. The fourth-order valence-electron chi connectivity index (χ4n) is 1.85. The molecule has 0 bridgehead atoms. The molecule has 0 aliphatic carbocycles. The zero-order valence-electron chi connectivity index (χ0n) is 13.3. The summed E-state index contributed by atoms with van der Waals surface area (Å²) in [7, 11) is 1.37. The fourth-order valence-corrected chi connectivity index (χ4v) is 1.85. The van der Waals surface area contributed by atoms with E-state index in [4.69, 9.17) is 9.47 Å². The van der Waals surface area contributed by atoms with E-state index < -0.39 is 0 Å². The number of benzene rings is 2. The predicted octanol–water partition coefficient (Wildman–Crippen LogP) is 4.22. The minimum absolute atomic E-state index is 0.129. The van der Waals surface area contributed by atoms with Gasteiger partial charge < -0.3 is 14.2 Å². The molecule has 1 heterocycles. The number of halogens is 1. The molecule has 0 radical (unpaired) electrons. The summed E-state index contributed by atoms with van der Waals surface area (Å²) >= 11 is 2.94. The molecule has 0 saturated carbocycles. The highest BCUT2D eigenvalue weighted by atomic mass is 79.9. The van der Waals surface area contributed by atoms with E-state index in [-0.39, 0.29) is 12.3 Å². The van der Waals surface area contributed by atoms with E-state index in [0.717, 1.165) is 5.56 Å². The Hall–Kier alpha value is -1.69. The van der Waals surface area contributed by atoms with Crippen LogP contribution in [0.15, 0.2) is 60.7 Å². The van der Waals surface area contributed by atoms with Crippen molar-refractivity contribution in [3.63, 3.8) is 0 Å². The van der Waals surface area contributed by atoms with Crippen molar-refractivity contribution in [1.82, 2.24) is 0 Å². The van der Waals surface area contributed by atoms with E-state index in [1.807, 2.05) is 42.2 Å². The number of methoxy groups -OCH3 is 1. The molecular weight excluding hydrogens is 360 g/mol. The second-order valence-corrected chi connectivity index (χ2v) is 4.34. The summed E-state index contributed by atoms with van der Waals surface area (Å²) in [6.45, 7) is 1.42. The van der Waals surface area contributed by atoms with Gasteiger partial charge >= 0.3 is 5.97 Å². The van der Waals surface area contributed by atoms with E-state index in [2.05, 4.69) is 20.7 Å². The second kappa shape index (κ2) is 11.8. The quantitative estimate of drug-likeness (QED) is 0.577. The SMILES string of the molecule is CBr.COC(=O)c1ccccc1.c1ccc(C2OCCO2)cc1. The first-order valence-corrected chi connectivity index (χ1v) is 8.69. The topological polar surface area (TPSA) is 44.8 Å². The molecule has 2 aromatic rings. The largest absolute Gasteiger partial charge is 0.465 e. The number of rotatable bonds is 2. The third kappa shape index (κ3) is 6.95. The molecule has 1 fully saturated rings. The molecular formula is C18H21BrO4.